The average molecular weight is 480 g/mol. The number of hydrogen-bond donors (Lipinski definition) is 1. The van der Waals surface area contributed by atoms with Crippen molar-refractivity contribution in [3.05, 3.63) is 47.1 Å². The average Bonchev–Trinajstić information content (AvgIpc) is 3.27. The molecule has 0 saturated carbocycles. The van der Waals surface area contributed by atoms with E-state index in [-0.39, 0.29) is 17.2 Å². The van der Waals surface area contributed by atoms with Crippen LogP contribution in [0.3, 0.4) is 0 Å². The van der Waals surface area contributed by atoms with Crippen LogP contribution < -0.4 is 0 Å². The van der Waals surface area contributed by atoms with Gasteiger partial charge in [0.25, 0.3) is 5.91 Å². The molecule has 0 spiro atoms. The van der Waals surface area contributed by atoms with Crippen molar-refractivity contribution in [1.29, 1.82) is 0 Å². The van der Waals surface area contributed by atoms with Crippen LogP contribution in [0.25, 0.3) is 17.4 Å². The highest BCUT2D eigenvalue weighted by molar-refractivity contribution is 8.26. The molecule has 1 N–H and O–H groups in total. The topological polar surface area (TPSA) is 105 Å². The first kappa shape index (κ1) is 23.2. The summed E-state index contributed by atoms with van der Waals surface area (Å²) in [6, 6.07) is 9.89. The van der Waals surface area contributed by atoms with E-state index in [4.69, 9.17) is 21.7 Å². The van der Waals surface area contributed by atoms with Crippen molar-refractivity contribution in [3.63, 3.8) is 0 Å². The maximum Gasteiger partial charge on any atom is 0.303 e. The molecule has 1 aliphatic heterocycles. The van der Waals surface area contributed by atoms with E-state index in [0.717, 1.165) is 6.26 Å². The summed E-state index contributed by atoms with van der Waals surface area (Å²) in [4.78, 5) is 25.4. The van der Waals surface area contributed by atoms with Crippen molar-refractivity contribution in [2.75, 3.05) is 12.8 Å². The fraction of sp³-hybridized carbons (Fsp3) is 0.286. The molecule has 0 aliphatic carbocycles. The van der Waals surface area contributed by atoms with Gasteiger partial charge >= 0.3 is 5.97 Å². The van der Waals surface area contributed by atoms with Gasteiger partial charge in [-0.3, -0.25) is 14.5 Å². The van der Waals surface area contributed by atoms with E-state index in [1.165, 1.54) is 22.7 Å². The molecule has 0 bridgehead atoms. The Balaban J connectivity index is 1.68. The zero-order valence-electron chi connectivity index (χ0n) is 16.7. The normalized spacial score (nSPS) is 15.8. The third kappa shape index (κ3) is 6.05. The third-order valence-corrected chi connectivity index (χ3v) is 7.08. The molecule has 0 atom stereocenters. The van der Waals surface area contributed by atoms with Gasteiger partial charge in [0, 0.05) is 30.9 Å². The molecule has 1 amide bonds. The van der Waals surface area contributed by atoms with Gasteiger partial charge in [-0.1, -0.05) is 42.5 Å². The predicted molar refractivity (Wildman–Crippen MR) is 123 cm³/mol. The van der Waals surface area contributed by atoms with Crippen molar-refractivity contribution in [2.45, 2.75) is 30.6 Å². The lowest BCUT2D eigenvalue weighted by Gasteiger charge is -2.13. The number of nitrogens with zero attached hydrogens (tertiary/aromatic N) is 1. The van der Waals surface area contributed by atoms with Crippen LogP contribution in [-0.4, -0.2) is 47.4 Å². The monoisotopic (exact) mass is 479 g/mol. The highest BCUT2D eigenvalue weighted by Crippen LogP contribution is 2.34. The SMILES string of the molecule is CS(=O)(=O)c1cccc(-c2ccc(C=C3SC(=S)N(CCCCCC(=O)O)C3=O)o2)c1. The zero-order chi connectivity index (χ0) is 22.6. The first-order valence-corrected chi connectivity index (χ1v) is 12.6. The molecule has 164 valence electrons. The Kier molecular flexibility index (Phi) is 7.34. The van der Waals surface area contributed by atoms with Crippen molar-refractivity contribution >= 4 is 56.1 Å². The minimum atomic E-state index is -3.33. The molecule has 0 radical (unpaired) electrons. The minimum Gasteiger partial charge on any atom is -0.481 e. The molecule has 31 heavy (non-hydrogen) atoms. The summed E-state index contributed by atoms with van der Waals surface area (Å²) in [6.45, 7) is 0.448. The second-order valence-corrected chi connectivity index (χ2v) is 10.7. The minimum absolute atomic E-state index is 0.117. The van der Waals surface area contributed by atoms with Crippen LogP contribution in [0.4, 0.5) is 0 Å². The van der Waals surface area contributed by atoms with Crippen molar-refractivity contribution in [3.8, 4) is 11.3 Å². The highest BCUT2D eigenvalue weighted by Gasteiger charge is 2.31. The number of carboxylic acids is 1. The van der Waals surface area contributed by atoms with Gasteiger partial charge in [-0.2, -0.15) is 0 Å². The van der Waals surface area contributed by atoms with Gasteiger partial charge in [0.05, 0.1) is 9.80 Å². The number of unbranched alkanes of at least 4 members (excludes halogenated alkanes) is 2. The van der Waals surface area contributed by atoms with Crippen LogP contribution in [0.15, 0.2) is 50.6 Å². The van der Waals surface area contributed by atoms with E-state index in [9.17, 15) is 18.0 Å². The molecule has 0 unspecified atom stereocenters. The Morgan fingerprint density at radius 2 is 2.00 bits per heavy atom. The maximum absolute atomic E-state index is 12.7. The summed E-state index contributed by atoms with van der Waals surface area (Å²) in [5.74, 6) is -0.0768. The Labute approximate surface area is 190 Å². The summed E-state index contributed by atoms with van der Waals surface area (Å²) in [7, 11) is -3.33. The number of carbonyl (C=O) groups excluding carboxylic acids is 1. The number of furan rings is 1. The molecule has 1 saturated heterocycles. The lowest BCUT2D eigenvalue weighted by molar-refractivity contribution is -0.137. The lowest BCUT2D eigenvalue weighted by Crippen LogP contribution is -2.29. The second kappa shape index (κ2) is 9.80. The van der Waals surface area contributed by atoms with Crippen molar-refractivity contribution in [2.24, 2.45) is 0 Å². The first-order valence-electron chi connectivity index (χ1n) is 9.52. The number of amides is 1. The predicted octanol–water partition coefficient (Wildman–Crippen LogP) is 4.20. The molecule has 2 heterocycles. The first-order chi connectivity index (χ1) is 14.6. The van der Waals surface area contributed by atoms with Crippen molar-refractivity contribution in [1.82, 2.24) is 4.90 Å². The molecule has 7 nitrogen and oxygen atoms in total. The fourth-order valence-electron chi connectivity index (χ4n) is 3.01. The molecule has 3 rings (SSSR count). The van der Waals surface area contributed by atoms with Crippen LogP contribution in [0.2, 0.25) is 0 Å². The van der Waals surface area contributed by atoms with E-state index in [1.54, 1.807) is 36.4 Å². The van der Waals surface area contributed by atoms with E-state index in [1.807, 2.05) is 0 Å². The molecule has 10 heteroatoms. The summed E-state index contributed by atoms with van der Waals surface area (Å²) < 4.78 is 29.8. The van der Waals surface area contributed by atoms with Gasteiger partial charge in [0.1, 0.15) is 15.8 Å². The molecule has 1 aliphatic rings. The second-order valence-electron chi connectivity index (χ2n) is 7.04. The maximum atomic E-state index is 12.7. The summed E-state index contributed by atoms with van der Waals surface area (Å²) in [5, 5.41) is 8.68. The quantitative estimate of drug-likeness (QED) is 0.324. The molecule has 2 aromatic rings. The smallest absolute Gasteiger partial charge is 0.303 e. The van der Waals surface area contributed by atoms with Crippen LogP contribution >= 0.6 is 24.0 Å². The summed E-state index contributed by atoms with van der Waals surface area (Å²) >= 11 is 6.50. The Morgan fingerprint density at radius 1 is 1.23 bits per heavy atom. The molecule has 1 fully saturated rings. The van der Waals surface area contributed by atoms with Gasteiger partial charge in [0.15, 0.2) is 9.84 Å². The number of thiocarbonyl (C=S) groups is 1. The number of carbonyl (C=O) groups is 2. The van der Waals surface area contributed by atoms with Crippen LogP contribution in [0.5, 0.6) is 0 Å². The molecular formula is C21H21NO6S3. The molecule has 1 aromatic carbocycles. The standard InChI is InChI=1S/C21H21NO6S3/c1-31(26,27)16-7-5-6-14(12-16)17-10-9-15(28-17)13-18-20(25)22(21(29)30-18)11-4-2-3-8-19(23)24/h5-7,9-10,12-13H,2-4,8,11H2,1H3,(H,23,24). The largest absolute Gasteiger partial charge is 0.481 e. The van der Waals surface area contributed by atoms with Crippen LogP contribution in [0.1, 0.15) is 31.4 Å². The van der Waals surface area contributed by atoms with Crippen molar-refractivity contribution < 1.29 is 27.5 Å². The Bertz CT molecular complexity index is 1150. The molecular weight excluding hydrogens is 458 g/mol. The number of carboxylic acid groups (broad SMARTS) is 1. The van der Waals surface area contributed by atoms with E-state index >= 15 is 0 Å². The summed E-state index contributed by atoms with van der Waals surface area (Å²) in [5.41, 5.74) is 0.622. The van der Waals surface area contributed by atoms with E-state index in [2.05, 4.69) is 0 Å². The number of hydrogen-bond acceptors (Lipinski definition) is 7. The van der Waals surface area contributed by atoms with E-state index in [0.29, 0.717) is 52.1 Å². The van der Waals surface area contributed by atoms with Gasteiger partial charge < -0.3 is 9.52 Å². The van der Waals surface area contributed by atoms with Gasteiger partial charge in [-0.25, -0.2) is 8.42 Å². The van der Waals surface area contributed by atoms with Crippen LogP contribution in [-0.2, 0) is 19.4 Å². The number of thioether (sulfide) groups is 1. The van der Waals surface area contributed by atoms with Gasteiger partial charge in [-0.15, -0.1) is 0 Å². The van der Waals surface area contributed by atoms with E-state index < -0.39 is 15.8 Å². The zero-order valence-corrected chi connectivity index (χ0v) is 19.2. The number of rotatable bonds is 9. The lowest BCUT2D eigenvalue weighted by atomic mass is 10.2. The highest BCUT2D eigenvalue weighted by atomic mass is 32.2. The Hall–Kier alpha value is -2.43. The molecule has 1 aromatic heterocycles. The fourth-order valence-corrected chi connectivity index (χ4v) is 4.97. The van der Waals surface area contributed by atoms with Gasteiger partial charge in [0.2, 0.25) is 0 Å². The van der Waals surface area contributed by atoms with Gasteiger partial charge in [-0.05, 0) is 37.1 Å². The Morgan fingerprint density at radius 3 is 2.71 bits per heavy atom. The van der Waals surface area contributed by atoms with Crippen LogP contribution in [0, 0.1) is 0 Å². The summed E-state index contributed by atoms with van der Waals surface area (Å²) in [6.07, 6.45) is 4.83. The number of benzene rings is 1. The number of sulfone groups is 1. The third-order valence-electron chi connectivity index (χ3n) is 4.59. The number of aliphatic carboxylic acids is 1.